The number of aromatic nitrogens is 8. The third kappa shape index (κ3) is 6.61. The first-order valence-electron chi connectivity index (χ1n) is 18.1. The maximum absolute atomic E-state index is 14.1. The molecule has 1 aliphatic rings. The Morgan fingerprint density at radius 1 is 0.846 bits per heavy atom. The van der Waals surface area contributed by atoms with Crippen LogP contribution >= 0.6 is 0 Å². The standard InChI is InChI=1S/C38H45N11O3/c1-5-48-34-28(24(3)45-48)13-7-6-8-19-49-32(20-23(2)44-49)35(51)42-38-41-33-27(22-39)12-11-14-31(33)47(38)18-10-9-17-46-30-16-15-26(25(4)50)21-29(30)40-37(46)43-36(34)52/h11-12,14-16,20-21H,5-10,13,17-19,22,39H2,1-4H3,(H,40,43,52)(H,41,42,51). The molecule has 2 amide bonds. The average Bonchev–Trinajstić information content (AvgIpc) is 3.87. The highest BCUT2D eigenvalue weighted by Crippen LogP contribution is 2.27. The lowest BCUT2D eigenvalue weighted by Crippen LogP contribution is -2.21. The van der Waals surface area contributed by atoms with Crippen molar-refractivity contribution >= 4 is 51.6 Å². The minimum Gasteiger partial charge on any atom is -0.326 e. The Balaban J connectivity index is 1.28. The molecule has 14 heteroatoms. The Kier molecular flexibility index (Phi) is 9.73. The van der Waals surface area contributed by atoms with E-state index in [1.165, 1.54) is 6.92 Å². The van der Waals surface area contributed by atoms with Crippen molar-refractivity contribution in [3.05, 3.63) is 81.9 Å². The number of para-hydroxylation sites is 1. The molecular formula is C38H45N11O3. The summed E-state index contributed by atoms with van der Waals surface area (Å²) in [5, 5.41) is 15.6. The number of amides is 2. The normalized spacial score (nSPS) is 14.9. The highest BCUT2D eigenvalue weighted by Gasteiger charge is 2.24. The summed E-state index contributed by atoms with van der Waals surface area (Å²) in [5.41, 5.74) is 14.2. The Morgan fingerprint density at radius 3 is 2.33 bits per heavy atom. The van der Waals surface area contributed by atoms with E-state index in [1.54, 1.807) is 21.5 Å². The number of imidazole rings is 2. The number of Topliss-reactive ketones (excluding diaryl/α,β-unsaturated/α-hetero) is 1. The van der Waals surface area contributed by atoms with Crippen LogP contribution in [0.4, 0.5) is 11.9 Å². The molecule has 270 valence electrons. The quantitative estimate of drug-likeness (QED) is 0.194. The second kappa shape index (κ2) is 14.5. The van der Waals surface area contributed by atoms with Gasteiger partial charge in [-0.25, -0.2) is 9.97 Å². The molecule has 0 spiro atoms. The van der Waals surface area contributed by atoms with E-state index in [1.807, 2.05) is 60.2 Å². The van der Waals surface area contributed by atoms with E-state index in [0.717, 1.165) is 71.2 Å². The summed E-state index contributed by atoms with van der Waals surface area (Å²) in [6.45, 7) is 9.89. The number of rotatable bonds is 3. The SMILES string of the molecule is CCn1nc(C)c2c1C(=O)Nc1nc3cc(C(C)=O)ccc3n1CCCCn1c(nc3c(CN)cccc31)NC(=O)c1cc(C)nn1CCCCC2. The Bertz CT molecular complexity index is 2320. The molecule has 0 aliphatic carbocycles. The summed E-state index contributed by atoms with van der Waals surface area (Å²) in [5.74, 6) is 0.277. The molecule has 0 saturated heterocycles. The lowest BCUT2D eigenvalue weighted by atomic mass is 10.0. The topological polar surface area (TPSA) is 173 Å². The summed E-state index contributed by atoms with van der Waals surface area (Å²) < 4.78 is 7.57. The van der Waals surface area contributed by atoms with Crippen LogP contribution in [-0.4, -0.2) is 56.3 Å². The Hall–Kier alpha value is -5.63. The molecule has 4 N–H and O–H groups in total. The van der Waals surface area contributed by atoms with Gasteiger partial charge in [-0.3, -0.25) is 34.4 Å². The van der Waals surface area contributed by atoms with E-state index >= 15 is 0 Å². The van der Waals surface area contributed by atoms with Crippen LogP contribution in [0.3, 0.4) is 0 Å². The van der Waals surface area contributed by atoms with Gasteiger partial charge in [-0.15, -0.1) is 0 Å². The predicted molar refractivity (Wildman–Crippen MR) is 200 cm³/mol. The number of ketones is 1. The van der Waals surface area contributed by atoms with Crippen molar-refractivity contribution in [2.75, 3.05) is 10.6 Å². The van der Waals surface area contributed by atoms with Crippen molar-refractivity contribution in [1.29, 1.82) is 0 Å². The van der Waals surface area contributed by atoms with Gasteiger partial charge >= 0.3 is 0 Å². The van der Waals surface area contributed by atoms with Crippen LogP contribution in [0.25, 0.3) is 22.1 Å². The van der Waals surface area contributed by atoms with Crippen LogP contribution in [0.5, 0.6) is 0 Å². The number of anilines is 2. The molecule has 1 aliphatic heterocycles. The van der Waals surface area contributed by atoms with Crippen LogP contribution < -0.4 is 16.4 Å². The van der Waals surface area contributed by atoms with Gasteiger partial charge in [0.2, 0.25) is 11.9 Å². The van der Waals surface area contributed by atoms with E-state index in [2.05, 4.69) is 15.7 Å². The summed E-state index contributed by atoms with van der Waals surface area (Å²) in [6.07, 6.45) is 4.62. The van der Waals surface area contributed by atoms with E-state index in [0.29, 0.717) is 73.5 Å². The van der Waals surface area contributed by atoms with Gasteiger partial charge in [0.05, 0.1) is 33.5 Å². The number of fused-ring (bicyclic) bond motifs is 8. The van der Waals surface area contributed by atoms with E-state index < -0.39 is 0 Å². The molecule has 0 atom stereocenters. The van der Waals surface area contributed by atoms with Crippen LogP contribution in [0.15, 0.2) is 42.5 Å². The highest BCUT2D eigenvalue weighted by atomic mass is 16.2. The third-order valence-electron chi connectivity index (χ3n) is 9.90. The van der Waals surface area contributed by atoms with Gasteiger partial charge in [-0.2, -0.15) is 10.2 Å². The van der Waals surface area contributed by atoms with Gasteiger partial charge in [-0.05, 0) is 95.7 Å². The smallest absolute Gasteiger partial charge is 0.276 e. The van der Waals surface area contributed by atoms with Crippen molar-refractivity contribution in [1.82, 2.24) is 38.7 Å². The molecule has 4 aromatic heterocycles. The number of aryl methyl sites for hydroxylation is 6. The summed E-state index contributed by atoms with van der Waals surface area (Å²) in [6, 6.07) is 13.2. The van der Waals surface area contributed by atoms with E-state index in [4.69, 9.17) is 20.8 Å². The fourth-order valence-corrected chi connectivity index (χ4v) is 7.27. The molecule has 0 unspecified atom stereocenters. The van der Waals surface area contributed by atoms with Crippen LogP contribution in [0.1, 0.15) is 99.8 Å². The first-order valence-corrected chi connectivity index (χ1v) is 18.1. The molecule has 0 fully saturated rings. The minimum absolute atomic E-state index is 0.0542. The number of nitrogens with two attached hydrogens (primary N) is 1. The lowest BCUT2D eigenvalue weighted by molar-refractivity contribution is 0.100. The first-order chi connectivity index (χ1) is 25.2. The maximum Gasteiger partial charge on any atom is 0.276 e. The molecule has 0 radical (unpaired) electrons. The molecule has 7 rings (SSSR count). The average molecular weight is 704 g/mol. The number of carbonyl (C=O) groups is 3. The molecule has 0 bridgehead atoms. The summed E-state index contributed by atoms with van der Waals surface area (Å²) in [7, 11) is 0. The van der Waals surface area contributed by atoms with Crippen molar-refractivity contribution < 1.29 is 14.4 Å². The maximum atomic E-state index is 14.1. The molecule has 0 saturated carbocycles. The van der Waals surface area contributed by atoms with Crippen molar-refractivity contribution in [3.63, 3.8) is 0 Å². The molecule has 5 heterocycles. The van der Waals surface area contributed by atoms with Gasteiger partial charge in [0, 0.05) is 43.9 Å². The van der Waals surface area contributed by atoms with Gasteiger partial charge in [0.25, 0.3) is 11.8 Å². The first kappa shape index (κ1) is 34.8. The number of hydrogen-bond acceptors (Lipinski definition) is 8. The lowest BCUT2D eigenvalue weighted by Gasteiger charge is -2.13. The predicted octanol–water partition coefficient (Wildman–Crippen LogP) is 5.79. The van der Waals surface area contributed by atoms with E-state index in [9.17, 15) is 14.4 Å². The number of hydrogen-bond donors (Lipinski definition) is 3. The van der Waals surface area contributed by atoms with Crippen molar-refractivity contribution in [2.24, 2.45) is 5.73 Å². The monoisotopic (exact) mass is 703 g/mol. The summed E-state index contributed by atoms with van der Waals surface area (Å²) >= 11 is 0. The Labute approximate surface area is 301 Å². The van der Waals surface area contributed by atoms with Crippen LogP contribution in [0.2, 0.25) is 0 Å². The number of benzene rings is 2. The number of nitrogens with one attached hydrogen (secondary N) is 2. The van der Waals surface area contributed by atoms with Gasteiger partial charge in [0.15, 0.2) is 5.78 Å². The molecule has 52 heavy (non-hydrogen) atoms. The Morgan fingerprint density at radius 2 is 1.58 bits per heavy atom. The number of nitrogens with zero attached hydrogens (tertiary/aromatic N) is 8. The third-order valence-corrected chi connectivity index (χ3v) is 9.90. The van der Waals surface area contributed by atoms with Crippen molar-refractivity contribution in [3.8, 4) is 0 Å². The van der Waals surface area contributed by atoms with Gasteiger partial charge < -0.3 is 14.9 Å². The van der Waals surface area contributed by atoms with Crippen LogP contribution in [-0.2, 0) is 39.1 Å². The van der Waals surface area contributed by atoms with E-state index in [-0.39, 0.29) is 17.6 Å². The minimum atomic E-state index is -0.270. The zero-order valence-corrected chi connectivity index (χ0v) is 30.2. The molecule has 2 aromatic carbocycles. The fraction of sp³-hybridized carbons (Fsp3) is 0.395. The van der Waals surface area contributed by atoms with Gasteiger partial charge in [0.1, 0.15) is 11.4 Å². The summed E-state index contributed by atoms with van der Waals surface area (Å²) in [4.78, 5) is 49.9. The molecule has 14 nitrogen and oxygen atoms in total. The number of carbonyl (C=O) groups excluding carboxylic acids is 3. The second-order valence-electron chi connectivity index (χ2n) is 13.5. The largest absolute Gasteiger partial charge is 0.326 e. The second-order valence-corrected chi connectivity index (χ2v) is 13.5. The van der Waals surface area contributed by atoms with Crippen LogP contribution in [0, 0.1) is 13.8 Å². The molecule has 6 aromatic rings. The zero-order valence-electron chi connectivity index (χ0n) is 30.2. The van der Waals surface area contributed by atoms with Crippen molar-refractivity contribution in [2.45, 2.75) is 98.9 Å². The van der Waals surface area contributed by atoms with Gasteiger partial charge in [-0.1, -0.05) is 18.6 Å². The molecular weight excluding hydrogens is 658 g/mol. The zero-order chi connectivity index (χ0) is 36.5. The highest BCUT2D eigenvalue weighted by molar-refractivity contribution is 6.05. The fourth-order valence-electron chi connectivity index (χ4n) is 7.27.